The van der Waals surface area contributed by atoms with Gasteiger partial charge >= 0.3 is 0 Å². The molecule has 0 amide bonds. The summed E-state index contributed by atoms with van der Waals surface area (Å²) in [5, 5.41) is 4.83. The lowest BCUT2D eigenvalue weighted by Gasteiger charge is -2.13. The number of thiazole rings is 1. The Kier molecular flexibility index (Phi) is 3.32. The van der Waals surface area contributed by atoms with Gasteiger partial charge in [-0.3, -0.25) is 0 Å². The normalized spacial score (nSPS) is 19.6. The molecule has 2 aliphatic rings. The van der Waals surface area contributed by atoms with Crippen LogP contribution in [0.2, 0.25) is 0 Å². The van der Waals surface area contributed by atoms with Gasteiger partial charge in [0.25, 0.3) is 0 Å². The lowest BCUT2D eigenvalue weighted by Crippen LogP contribution is -2.19. The SMILES string of the molecule is CC(C)c1nc(N(C)C2CC2)sc1CNC1CC1. The summed E-state index contributed by atoms with van der Waals surface area (Å²) in [7, 11) is 2.19. The Labute approximate surface area is 114 Å². The summed E-state index contributed by atoms with van der Waals surface area (Å²) in [6.07, 6.45) is 5.38. The number of anilines is 1. The minimum atomic E-state index is 0.526. The van der Waals surface area contributed by atoms with Crippen LogP contribution in [0, 0.1) is 0 Å². The molecule has 0 unspecified atom stereocenters. The fraction of sp³-hybridized carbons (Fsp3) is 0.786. The molecule has 3 nitrogen and oxygen atoms in total. The van der Waals surface area contributed by atoms with Gasteiger partial charge in [-0.05, 0) is 31.6 Å². The molecule has 0 spiro atoms. The van der Waals surface area contributed by atoms with Crippen LogP contribution in [0.15, 0.2) is 0 Å². The standard InChI is InChI=1S/C14H23N3S/c1-9(2)13-12(8-15-10-4-5-10)18-14(16-13)17(3)11-6-7-11/h9-11,15H,4-8H2,1-3H3. The highest BCUT2D eigenvalue weighted by atomic mass is 32.1. The van der Waals surface area contributed by atoms with Crippen molar-refractivity contribution in [3.05, 3.63) is 10.6 Å². The van der Waals surface area contributed by atoms with Gasteiger partial charge in [0.2, 0.25) is 0 Å². The predicted octanol–water partition coefficient (Wildman–Crippen LogP) is 3.12. The molecule has 1 heterocycles. The van der Waals surface area contributed by atoms with Crippen LogP contribution >= 0.6 is 11.3 Å². The lowest BCUT2D eigenvalue weighted by atomic mass is 10.1. The average Bonchev–Trinajstić information content (AvgIpc) is 3.22. The molecule has 1 aromatic rings. The molecule has 0 saturated heterocycles. The number of rotatable bonds is 6. The van der Waals surface area contributed by atoms with Crippen LogP contribution < -0.4 is 10.2 Å². The number of nitrogens with one attached hydrogen (secondary N) is 1. The predicted molar refractivity (Wildman–Crippen MR) is 77.5 cm³/mol. The summed E-state index contributed by atoms with van der Waals surface area (Å²) < 4.78 is 0. The maximum atomic E-state index is 4.87. The second kappa shape index (κ2) is 4.82. The van der Waals surface area contributed by atoms with Crippen molar-refractivity contribution in [3.63, 3.8) is 0 Å². The van der Waals surface area contributed by atoms with Gasteiger partial charge in [-0.25, -0.2) is 4.98 Å². The van der Waals surface area contributed by atoms with Crippen LogP contribution in [0.4, 0.5) is 5.13 Å². The zero-order chi connectivity index (χ0) is 12.7. The van der Waals surface area contributed by atoms with E-state index in [-0.39, 0.29) is 0 Å². The highest BCUT2D eigenvalue weighted by Gasteiger charge is 2.29. The second-order valence-corrected chi connectivity index (χ2v) is 7.02. The molecular weight excluding hydrogens is 242 g/mol. The van der Waals surface area contributed by atoms with E-state index in [0.717, 1.165) is 18.6 Å². The monoisotopic (exact) mass is 265 g/mol. The van der Waals surface area contributed by atoms with Gasteiger partial charge in [-0.1, -0.05) is 13.8 Å². The van der Waals surface area contributed by atoms with Gasteiger partial charge in [-0.15, -0.1) is 11.3 Å². The van der Waals surface area contributed by atoms with Gasteiger partial charge in [0.15, 0.2) is 5.13 Å². The van der Waals surface area contributed by atoms with E-state index in [9.17, 15) is 0 Å². The highest BCUT2D eigenvalue weighted by molar-refractivity contribution is 7.15. The van der Waals surface area contributed by atoms with Crippen LogP contribution in [0.3, 0.4) is 0 Å². The van der Waals surface area contributed by atoms with E-state index >= 15 is 0 Å². The molecule has 1 N–H and O–H groups in total. The minimum absolute atomic E-state index is 0.526. The molecule has 1 aromatic heterocycles. The Balaban J connectivity index is 1.75. The third kappa shape index (κ3) is 2.69. The summed E-state index contributed by atoms with van der Waals surface area (Å²) >= 11 is 1.89. The molecule has 3 rings (SSSR count). The molecule has 0 aromatic carbocycles. The Morgan fingerprint density at radius 1 is 1.33 bits per heavy atom. The molecule has 2 saturated carbocycles. The van der Waals surface area contributed by atoms with Crippen molar-refractivity contribution in [1.82, 2.24) is 10.3 Å². The second-order valence-electron chi connectivity index (χ2n) is 5.96. The van der Waals surface area contributed by atoms with Gasteiger partial charge in [0.1, 0.15) is 0 Å². The summed E-state index contributed by atoms with van der Waals surface area (Å²) in [4.78, 5) is 8.69. The fourth-order valence-corrected chi connectivity index (χ4v) is 3.42. The van der Waals surface area contributed by atoms with E-state index in [1.807, 2.05) is 11.3 Å². The van der Waals surface area contributed by atoms with Crippen LogP contribution in [0.25, 0.3) is 0 Å². The summed E-state index contributed by atoms with van der Waals surface area (Å²) in [5.74, 6) is 0.526. The van der Waals surface area contributed by atoms with Crippen LogP contribution in [0.5, 0.6) is 0 Å². The zero-order valence-electron chi connectivity index (χ0n) is 11.6. The first-order valence-electron chi connectivity index (χ1n) is 7.11. The molecule has 18 heavy (non-hydrogen) atoms. The molecule has 4 heteroatoms. The average molecular weight is 265 g/mol. The van der Waals surface area contributed by atoms with Crippen LogP contribution in [0.1, 0.15) is 56.0 Å². The third-order valence-corrected chi connectivity index (χ3v) is 4.95. The van der Waals surface area contributed by atoms with Gasteiger partial charge in [0.05, 0.1) is 5.69 Å². The number of aromatic nitrogens is 1. The van der Waals surface area contributed by atoms with E-state index in [0.29, 0.717) is 5.92 Å². The Hall–Kier alpha value is -0.610. The smallest absolute Gasteiger partial charge is 0.185 e. The molecule has 0 radical (unpaired) electrons. The Bertz CT molecular complexity index is 419. The van der Waals surface area contributed by atoms with E-state index in [1.54, 1.807) is 0 Å². The topological polar surface area (TPSA) is 28.2 Å². The van der Waals surface area contributed by atoms with Gasteiger partial charge in [-0.2, -0.15) is 0 Å². The van der Waals surface area contributed by atoms with Crippen molar-refractivity contribution < 1.29 is 0 Å². The van der Waals surface area contributed by atoms with Crippen molar-refractivity contribution in [2.75, 3.05) is 11.9 Å². The third-order valence-electron chi connectivity index (χ3n) is 3.79. The number of hydrogen-bond acceptors (Lipinski definition) is 4. The molecule has 2 aliphatic carbocycles. The van der Waals surface area contributed by atoms with Gasteiger partial charge in [0, 0.05) is 30.6 Å². The first kappa shape index (κ1) is 12.4. The van der Waals surface area contributed by atoms with Crippen molar-refractivity contribution in [3.8, 4) is 0 Å². The summed E-state index contributed by atoms with van der Waals surface area (Å²) in [6.45, 7) is 5.50. The van der Waals surface area contributed by atoms with Crippen molar-refractivity contribution >= 4 is 16.5 Å². The molecule has 100 valence electrons. The Morgan fingerprint density at radius 2 is 2.06 bits per heavy atom. The first-order valence-corrected chi connectivity index (χ1v) is 7.92. The van der Waals surface area contributed by atoms with E-state index < -0.39 is 0 Å². The van der Waals surface area contributed by atoms with Crippen LogP contribution in [-0.2, 0) is 6.54 Å². The van der Waals surface area contributed by atoms with E-state index in [4.69, 9.17) is 4.98 Å². The molecule has 0 bridgehead atoms. The van der Waals surface area contributed by atoms with Crippen LogP contribution in [-0.4, -0.2) is 24.1 Å². The minimum Gasteiger partial charge on any atom is -0.348 e. The summed E-state index contributed by atoms with van der Waals surface area (Å²) in [5.41, 5.74) is 1.30. The lowest BCUT2D eigenvalue weighted by molar-refractivity contribution is 0.680. The van der Waals surface area contributed by atoms with Crippen molar-refractivity contribution in [2.24, 2.45) is 0 Å². The van der Waals surface area contributed by atoms with E-state index in [2.05, 4.69) is 31.1 Å². The Morgan fingerprint density at radius 3 is 2.61 bits per heavy atom. The highest BCUT2D eigenvalue weighted by Crippen LogP contribution is 2.36. The maximum Gasteiger partial charge on any atom is 0.185 e. The fourth-order valence-electron chi connectivity index (χ4n) is 2.22. The number of hydrogen-bond donors (Lipinski definition) is 1. The van der Waals surface area contributed by atoms with Gasteiger partial charge < -0.3 is 10.2 Å². The molecular formula is C14H23N3S. The molecule has 0 atom stereocenters. The maximum absolute atomic E-state index is 4.87. The first-order chi connectivity index (χ1) is 8.65. The molecule has 2 fully saturated rings. The molecule has 0 aliphatic heterocycles. The van der Waals surface area contributed by atoms with Crippen molar-refractivity contribution in [2.45, 2.75) is 64.1 Å². The largest absolute Gasteiger partial charge is 0.348 e. The van der Waals surface area contributed by atoms with E-state index in [1.165, 1.54) is 41.4 Å². The zero-order valence-corrected chi connectivity index (χ0v) is 12.4. The van der Waals surface area contributed by atoms with Crippen molar-refractivity contribution in [1.29, 1.82) is 0 Å². The summed E-state index contributed by atoms with van der Waals surface area (Å²) in [6, 6.07) is 1.53. The quantitative estimate of drug-likeness (QED) is 0.856. The number of nitrogens with zero attached hydrogens (tertiary/aromatic N) is 2.